The number of allylic oxidation sites excluding steroid dienone is 3. The van der Waals surface area contributed by atoms with Crippen LogP contribution < -0.4 is 5.73 Å². The third-order valence-electron chi connectivity index (χ3n) is 10.3. The Bertz CT molecular complexity index is 1390. The molecule has 5 aliphatic rings. The molecule has 1 unspecified atom stereocenters. The number of anilines is 1. The zero-order chi connectivity index (χ0) is 25.2. The van der Waals surface area contributed by atoms with Crippen molar-refractivity contribution in [2.75, 3.05) is 19.8 Å². The van der Waals surface area contributed by atoms with Crippen LogP contribution in [0.5, 0.6) is 0 Å². The molecule has 2 spiro atoms. The predicted octanol–water partition coefficient (Wildman–Crippen LogP) is 3.56. The van der Waals surface area contributed by atoms with Crippen LogP contribution >= 0.6 is 0 Å². The molecule has 3 aliphatic carbocycles. The first-order chi connectivity index (χ1) is 17.1. The molecule has 2 aromatic rings. The number of fused-ring (bicyclic) bond motifs is 2. The SMILES string of the molecule is CC1=C2C=C3[C@@H](O)[C@H](O)[C@@H](N(C)C)C[C@]34CC[C@]2(O4)C2CC=C(c3ccc4c(N)n[nH]c4c3)[C@@]2(C)C1. The molecule has 36 heavy (non-hydrogen) atoms. The number of aromatic amines is 1. The lowest BCUT2D eigenvalue weighted by Crippen LogP contribution is -2.62. The molecule has 7 nitrogen and oxygen atoms in total. The molecule has 0 amide bonds. The Morgan fingerprint density at radius 3 is 2.81 bits per heavy atom. The fraction of sp³-hybridized carbons (Fsp3) is 0.552. The Morgan fingerprint density at radius 2 is 2.03 bits per heavy atom. The predicted molar refractivity (Wildman–Crippen MR) is 140 cm³/mol. The number of aliphatic hydroxyl groups excluding tert-OH is 2. The van der Waals surface area contributed by atoms with Gasteiger partial charge in [0, 0.05) is 22.8 Å². The van der Waals surface area contributed by atoms with Crippen molar-refractivity contribution in [3.8, 4) is 0 Å². The van der Waals surface area contributed by atoms with Crippen molar-refractivity contribution in [3.05, 3.63) is 52.6 Å². The molecular formula is C29H36N4O3. The van der Waals surface area contributed by atoms with Gasteiger partial charge < -0.3 is 25.6 Å². The van der Waals surface area contributed by atoms with Crippen molar-refractivity contribution in [2.24, 2.45) is 11.3 Å². The Labute approximate surface area is 211 Å². The summed E-state index contributed by atoms with van der Waals surface area (Å²) < 4.78 is 7.30. The highest BCUT2D eigenvalue weighted by atomic mass is 16.5. The molecule has 2 aliphatic heterocycles. The first-order valence-electron chi connectivity index (χ1n) is 13.2. The Kier molecular flexibility index (Phi) is 4.48. The number of benzene rings is 1. The highest BCUT2D eigenvalue weighted by Gasteiger charge is 2.68. The molecule has 2 fully saturated rings. The molecule has 190 valence electrons. The van der Waals surface area contributed by atoms with E-state index in [-0.39, 0.29) is 17.1 Å². The number of aliphatic hydroxyl groups is 2. The molecular weight excluding hydrogens is 452 g/mol. The van der Waals surface area contributed by atoms with Gasteiger partial charge in [0.1, 0.15) is 6.10 Å². The number of likely N-dealkylation sites (N-methyl/N-ethyl adjacent to an activating group) is 1. The largest absolute Gasteiger partial charge is 0.388 e. The van der Waals surface area contributed by atoms with Crippen molar-refractivity contribution in [1.29, 1.82) is 0 Å². The van der Waals surface area contributed by atoms with E-state index in [1.807, 2.05) is 19.0 Å². The van der Waals surface area contributed by atoms with Crippen LogP contribution in [-0.4, -0.2) is 68.9 Å². The fourth-order valence-electron chi connectivity index (χ4n) is 8.66. The Hall–Kier alpha value is -2.45. The van der Waals surface area contributed by atoms with Crippen LogP contribution in [0.2, 0.25) is 0 Å². The first kappa shape index (κ1) is 22.7. The maximum atomic E-state index is 11.2. The van der Waals surface area contributed by atoms with E-state index in [2.05, 4.69) is 54.4 Å². The van der Waals surface area contributed by atoms with Gasteiger partial charge in [-0.05, 0) is 87.5 Å². The van der Waals surface area contributed by atoms with Gasteiger partial charge in [0.25, 0.3) is 0 Å². The van der Waals surface area contributed by atoms with Gasteiger partial charge in [-0.25, -0.2) is 0 Å². The second-order valence-electron chi connectivity index (χ2n) is 12.3. The van der Waals surface area contributed by atoms with Crippen LogP contribution in [0, 0.1) is 11.3 Å². The summed E-state index contributed by atoms with van der Waals surface area (Å²) in [5.74, 6) is 0.853. The number of aromatic nitrogens is 2. The number of nitrogens with zero attached hydrogens (tertiary/aromatic N) is 2. The summed E-state index contributed by atoms with van der Waals surface area (Å²) in [6, 6.07) is 6.29. The zero-order valence-corrected chi connectivity index (χ0v) is 21.5. The highest BCUT2D eigenvalue weighted by Crippen LogP contribution is 2.69. The second kappa shape index (κ2) is 7.10. The normalized spacial score (nSPS) is 41.3. The average molecular weight is 489 g/mol. The Morgan fingerprint density at radius 1 is 1.22 bits per heavy atom. The van der Waals surface area contributed by atoms with Crippen molar-refractivity contribution in [3.63, 3.8) is 0 Å². The summed E-state index contributed by atoms with van der Waals surface area (Å²) in [7, 11) is 3.95. The van der Waals surface area contributed by atoms with E-state index in [1.165, 1.54) is 22.3 Å². The highest BCUT2D eigenvalue weighted by molar-refractivity contribution is 5.91. The van der Waals surface area contributed by atoms with Gasteiger partial charge in [0.15, 0.2) is 5.82 Å². The first-order valence-corrected chi connectivity index (χ1v) is 13.2. The van der Waals surface area contributed by atoms with Gasteiger partial charge in [-0.1, -0.05) is 30.7 Å². The van der Waals surface area contributed by atoms with E-state index < -0.39 is 17.8 Å². The molecule has 0 radical (unpaired) electrons. The van der Waals surface area contributed by atoms with Crippen LogP contribution in [0.4, 0.5) is 5.82 Å². The number of nitrogen functional groups attached to an aromatic ring is 1. The molecule has 1 saturated carbocycles. The maximum absolute atomic E-state index is 11.2. The van der Waals surface area contributed by atoms with Gasteiger partial charge in [-0.3, -0.25) is 5.10 Å². The molecule has 3 heterocycles. The van der Waals surface area contributed by atoms with Gasteiger partial charge in [-0.2, -0.15) is 5.10 Å². The summed E-state index contributed by atoms with van der Waals surface area (Å²) in [4.78, 5) is 2.03. The van der Waals surface area contributed by atoms with Crippen LogP contribution in [-0.2, 0) is 4.74 Å². The maximum Gasteiger partial charge on any atom is 0.153 e. The van der Waals surface area contributed by atoms with E-state index in [4.69, 9.17) is 10.5 Å². The standard InChI is InChI=1S/C29H36N4O3/c1-15-13-27(2)18(16-5-6-17-21(11-16)31-32-26(17)30)7-8-23(27)29-10-9-28(36-29)14-22(33(3)4)25(35)24(34)20(28)12-19(15)29/h5-7,11-12,22-25,34-35H,8-10,13-14H2,1-4H3,(H3,30,31,32)/t22-,23?,24+,25+,27+,28+,29+/m0/s1. The lowest BCUT2D eigenvalue weighted by Gasteiger charge is -2.56. The minimum atomic E-state index is -0.901. The van der Waals surface area contributed by atoms with E-state index >= 15 is 0 Å². The Balaban J connectivity index is 1.33. The summed E-state index contributed by atoms with van der Waals surface area (Å²) in [5.41, 5.74) is 12.1. The van der Waals surface area contributed by atoms with Crippen molar-refractivity contribution < 1.29 is 14.9 Å². The molecule has 1 aromatic carbocycles. The van der Waals surface area contributed by atoms with E-state index in [9.17, 15) is 10.2 Å². The number of rotatable bonds is 2. The third kappa shape index (κ3) is 2.64. The minimum Gasteiger partial charge on any atom is -0.388 e. The molecule has 7 rings (SSSR count). The second-order valence-corrected chi connectivity index (χ2v) is 12.3. The van der Waals surface area contributed by atoms with Gasteiger partial charge in [-0.15, -0.1) is 0 Å². The van der Waals surface area contributed by atoms with Crippen LogP contribution in [0.25, 0.3) is 16.5 Å². The molecule has 5 N–H and O–H groups in total. The number of hydrogen-bond donors (Lipinski definition) is 4. The topological polar surface area (TPSA) is 108 Å². The van der Waals surface area contributed by atoms with Gasteiger partial charge >= 0.3 is 0 Å². The lowest BCUT2D eigenvalue weighted by atomic mass is 9.56. The smallest absolute Gasteiger partial charge is 0.153 e. The van der Waals surface area contributed by atoms with Crippen LogP contribution in [0.1, 0.15) is 51.5 Å². The number of ether oxygens (including phenoxy) is 1. The summed E-state index contributed by atoms with van der Waals surface area (Å²) in [6.45, 7) is 4.64. The molecule has 1 aromatic heterocycles. The number of hydrogen-bond acceptors (Lipinski definition) is 6. The van der Waals surface area contributed by atoms with E-state index in [0.717, 1.165) is 42.2 Å². The molecule has 7 atom stereocenters. The molecule has 2 bridgehead atoms. The average Bonchev–Trinajstić information content (AvgIpc) is 3.48. The monoisotopic (exact) mass is 488 g/mol. The number of nitrogens with one attached hydrogen (secondary N) is 1. The fourth-order valence-corrected chi connectivity index (χ4v) is 8.66. The zero-order valence-electron chi connectivity index (χ0n) is 21.5. The van der Waals surface area contributed by atoms with Crippen molar-refractivity contribution >= 4 is 22.3 Å². The molecule has 7 heteroatoms. The van der Waals surface area contributed by atoms with Crippen molar-refractivity contribution in [1.82, 2.24) is 15.1 Å². The minimum absolute atomic E-state index is 0.0581. The number of H-pyrrole nitrogens is 1. The summed E-state index contributed by atoms with van der Waals surface area (Å²) >= 11 is 0. The van der Waals surface area contributed by atoms with Crippen LogP contribution in [0.3, 0.4) is 0 Å². The molecule has 1 saturated heterocycles. The summed E-state index contributed by atoms with van der Waals surface area (Å²) in [6.07, 6.45) is 7.38. The lowest BCUT2D eigenvalue weighted by molar-refractivity contribution is -0.162. The third-order valence-corrected chi connectivity index (χ3v) is 10.3. The van der Waals surface area contributed by atoms with Gasteiger partial charge in [0.05, 0.1) is 22.8 Å². The van der Waals surface area contributed by atoms with Gasteiger partial charge in [0.2, 0.25) is 0 Å². The number of nitrogens with two attached hydrogens (primary N) is 1. The van der Waals surface area contributed by atoms with E-state index in [0.29, 0.717) is 18.2 Å². The van der Waals surface area contributed by atoms with Crippen LogP contribution in [0.15, 0.2) is 47.1 Å². The van der Waals surface area contributed by atoms with Crippen molar-refractivity contribution in [2.45, 2.75) is 75.4 Å². The van der Waals surface area contributed by atoms with E-state index in [1.54, 1.807) is 0 Å². The quantitative estimate of drug-likeness (QED) is 0.515. The summed E-state index contributed by atoms with van der Waals surface area (Å²) in [5, 5.41) is 30.4.